The lowest BCUT2D eigenvalue weighted by molar-refractivity contribution is -0.132. The highest BCUT2D eigenvalue weighted by molar-refractivity contribution is 5.76. The molecule has 0 unspecified atom stereocenters. The fourth-order valence-corrected chi connectivity index (χ4v) is 2.57. The highest BCUT2D eigenvalue weighted by atomic mass is 16.2. The zero-order valence-corrected chi connectivity index (χ0v) is 11.5. The van der Waals surface area contributed by atoms with Crippen molar-refractivity contribution in [2.45, 2.75) is 52.4 Å². The van der Waals surface area contributed by atoms with Crippen LogP contribution in [-0.4, -0.2) is 30.4 Å². The van der Waals surface area contributed by atoms with Crippen LogP contribution >= 0.6 is 0 Å². The SMILES string of the molecule is CC(C)C1CCN(C(=O)CCCCCN)CC1. The van der Waals surface area contributed by atoms with Gasteiger partial charge in [-0.2, -0.15) is 0 Å². The van der Waals surface area contributed by atoms with Gasteiger partial charge < -0.3 is 10.6 Å². The van der Waals surface area contributed by atoms with E-state index in [0.29, 0.717) is 12.3 Å². The topological polar surface area (TPSA) is 46.3 Å². The van der Waals surface area contributed by atoms with Gasteiger partial charge >= 0.3 is 0 Å². The summed E-state index contributed by atoms with van der Waals surface area (Å²) < 4.78 is 0. The maximum atomic E-state index is 11.9. The third-order valence-electron chi connectivity index (χ3n) is 3.93. The van der Waals surface area contributed by atoms with E-state index in [1.54, 1.807) is 0 Å². The lowest BCUT2D eigenvalue weighted by Gasteiger charge is -2.34. The Hall–Kier alpha value is -0.570. The van der Waals surface area contributed by atoms with Crippen molar-refractivity contribution in [3.8, 4) is 0 Å². The van der Waals surface area contributed by atoms with Gasteiger partial charge in [0.05, 0.1) is 0 Å². The van der Waals surface area contributed by atoms with Gasteiger partial charge in [0.2, 0.25) is 5.91 Å². The third kappa shape index (κ3) is 5.07. The molecule has 17 heavy (non-hydrogen) atoms. The van der Waals surface area contributed by atoms with Crippen molar-refractivity contribution in [3.05, 3.63) is 0 Å². The van der Waals surface area contributed by atoms with Crippen LogP contribution in [0.25, 0.3) is 0 Å². The highest BCUT2D eigenvalue weighted by Gasteiger charge is 2.23. The van der Waals surface area contributed by atoms with Gasteiger partial charge in [0, 0.05) is 19.5 Å². The van der Waals surface area contributed by atoms with Crippen LogP contribution in [0.3, 0.4) is 0 Å². The van der Waals surface area contributed by atoms with Gasteiger partial charge in [0.1, 0.15) is 0 Å². The largest absolute Gasteiger partial charge is 0.343 e. The zero-order valence-electron chi connectivity index (χ0n) is 11.5. The summed E-state index contributed by atoms with van der Waals surface area (Å²) in [7, 11) is 0. The minimum atomic E-state index is 0.351. The second-order valence-corrected chi connectivity index (χ2v) is 5.56. The van der Waals surface area contributed by atoms with E-state index in [-0.39, 0.29) is 0 Å². The first-order valence-electron chi connectivity index (χ1n) is 7.13. The molecule has 0 aliphatic carbocycles. The number of likely N-dealkylation sites (tertiary alicyclic amines) is 1. The van der Waals surface area contributed by atoms with E-state index in [1.807, 2.05) is 0 Å². The summed E-state index contributed by atoms with van der Waals surface area (Å²) in [6, 6.07) is 0. The predicted octanol–water partition coefficient (Wildman–Crippen LogP) is 2.40. The average molecular weight is 240 g/mol. The van der Waals surface area contributed by atoms with Gasteiger partial charge in [-0.15, -0.1) is 0 Å². The second kappa shape index (κ2) is 7.70. The molecule has 1 aliphatic heterocycles. The maximum Gasteiger partial charge on any atom is 0.222 e. The molecule has 0 aromatic carbocycles. The van der Waals surface area contributed by atoms with Crippen LogP contribution in [0, 0.1) is 11.8 Å². The van der Waals surface area contributed by atoms with Gasteiger partial charge in [0.25, 0.3) is 0 Å². The lowest BCUT2D eigenvalue weighted by atomic mass is 9.86. The first-order chi connectivity index (χ1) is 8.15. The van der Waals surface area contributed by atoms with Crippen molar-refractivity contribution in [1.82, 2.24) is 4.90 Å². The Labute approximate surface area is 106 Å². The Morgan fingerprint density at radius 3 is 2.41 bits per heavy atom. The van der Waals surface area contributed by atoms with Crippen molar-refractivity contribution in [1.29, 1.82) is 0 Å². The fraction of sp³-hybridized carbons (Fsp3) is 0.929. The fourth-order valence-electron chi connectivity index (χ4n) is 2.57. The molecule has 1 heterocycles. The highest BCUT2D eigenvalue weighted by Crippen LogP contribution is 2.24. The quantitative estimate of drug-likeness (QED) is 0.725. The molecule has 0 spiro atoms. The average Bonchev–Trinajstić information content (AvgIpc) is 2.34. The molecule has 1 fully saturated rings. The molecule has 3 heteroatoms. The summed E-state index contributed by atoms with van der Waals surface area (Å²) in [5.74, 6) is 1.93. The van der Waals surface area contributed by atoms with Gasteiger partial charge in [-0.05, 0) is 44.1 Å². The number of carbonyl (C=O) groups is 1. The van der Waals surface area contributed by atoms with Gasteiger partial charge in [-0.3, -0.25) is 4.79 Å². The molecule has 1 rings (SSSR count). The van der Waals surface area contributed by atoms with Crippen molar-refractivity contribution >= 4 is 5.91 Å². The van der Waals surface area contributed by atoms with Gasteiger partial charge in [-0.1, -0.05) is 20.3 Å². The van der Waals surface area contributed by atoms with Crippen LogP contribution in [0.1, 0.15) is 52.4 Å². The van der Waals surface area contributed by atoms with E-state index in [2.05, 4.69) is 18.7 Å². The first-order valence-corrected chi connectivity index (χ1v) is 7.13. The van der Waals surface area contributed by atoms with Crippen LogP contribution in [0.4, 0.5) is 0 Å². The second-order valence-electron chi connectivity index (χ2n) is 5.56. The van der Waals surface area contributed by atoms with Gasteiger partial charge in [-0.25, -0.2) is 0 Å². The minimum absolute atomic E-state index is 0.351. The van der Waals surface area contributed by atoms with Crippen LogP contribution in [0.2, 0.25) is 0 Å². The Morgan fingerprint density at radius 1 is 1.24 bits per heavy atom. The maximum absolute atomic E-state index is 11.9. The van der Waals surface area contributed by atoms with E-state index >= 15 is 0 Å². The third-order valence-corrected chi connectivity index (χ3v) is 3.93. The summed E-state index contributed by atoms with van der Waals surface area (Å²) in [5, 5.41) is 0. The molecule has 1 saturated heterocycles. The summed E-state index contributed by atoms with van der Waals surface area (Å²) in [4.78, 5) is 14.0. The molecule has 0 aromatic heterocycles. The van der Waals surface area contributed by atoms with E-state index in [9.17, 15) is 4.79 Å². The van der Waals surface area contributed by atoms with E-state index < -0.39 is 0 Å². The van der Waals surface area contributed by atoms with E-state index in [4.69, 9.17) is 5.73 Å². The number of unbranched alkanes of at least 4 members (excludes halogenated alkanes) is 2. The Kier molecular flexibility index (Phi) is 6.56. The molecule has 0 saturated carbocycles. The Balaban J connectivity index is 2.17. The zero-order chi connectivity index (χ0) is 12.7. The first kappa shape index (κ1) is 14.5. The smallest absolute Gasteiger partial charge is 0.222 e. The normalized spacial score (nSPS) is 17.8. The van der Waals surface area contributed by atoms with Crippen LogP contribution in [0.5, 0.6) is 0 Å². The molecule has 3 nitrogen and oxygen atoms in total. The Bertz CT molecular complexity index is 220. The predicted molar refractivity (Wildman–Crippen MR) is 71.7 cm³/mol. The molecule has 100 valence electrons. The molecular weight excluding hydrogens is 212 g/mol. The number of nitrogens with zero attached hydrogens (tertiary/aromatic N) is 1. The van der Waals surface area contributed by atoms with Crippen molar-refractivity contribution in [2.75, 3.05) is 19.6 Å². The molecular formula is C14H28N2O. The van der Waals surface area contributed by atoms with Crippen molar-refractivity contribution in [3.63, 3.8) is 0 Å². The number of nitrogens with two attached hydrogens (primary N) is 1. The number of rotatable bonds is 6. The van der Waals surface area contributed by atoms with Crippen LogP contribution in [-0.2, 0) is 4.79 Å². The molecule has 0 atom stereocenters. The number of hydrogen-bond acceptors (Lipinski definition) is 2. The molecule has 0 radical (unpaired) electrons. The van der Waals surface area contributed by atoms with E-state index in [0.717, 1.165) is 50.7 Å². The number of carbonyl (C=O) groups excluding carboxylic acids is 1. The number of hydrogen-bond donors (Lipinski definition) is 1. The summed E-state index contributed by atoms with van der Waals surface area (Å²) in [6.07, 6.45) is 6.22. The lowest BCUT2D eigenvalue weighted by Crippen LogP contribution is -2.39. The number of piperidine rings is 1. The summed E-state index contributed by atoms with van der Waals surface area (Å²) in [5.41, 5.74) is 5.44. The molecule has 0 bridgehead atoms. The standard InChI is InChI=1S/C14H28N2O/c1-12(2)13-7-10-16(11-8-13)14(17)6-4-3-5-9-15/h12-13H,3-11,15H2,1-2H3. The van der Waals surface area contributed by atoms with Crippen LogP contribution in [0.15, 0.2) is 0 Å². The number of amides is 1. The van der Waals surface area contributed by atoms with Crippen molar-refractivity contribution < 1.29 is 4.79 Å². The molecule has 1 aliphatic rings. The summed E-state index contributed by atoms with van der Waals surface area (Å²) in [6.45, 7) is 7.26. The van der Waals surface area contributed by atoms with Crippen LogP contribution < -0.4 is 5.73 Å². The van der Waals surface area contributed by atoms with Gasteiger partial charge in [0.15, 0.2) is 0 Å². The summed E-state index contributed by atoms with van der Waals surface area (Å²) >= 11 is 0. The monoisotopic (exact) mass is 240 g/mol. The van der Waals surface area contributed by atoms with E-state index in [1.165, 1.54) is 12.8 Å². The molecule has 1 amide bonds. The minimum Gasteiger partial charge on any atom is -0.343 e. The van der Waals surface area contributed by atoms with Crippen molar-refractivity contribution in [2.24, 2.45) is 17.6 Å². The molecule has 0 aromatic rings. The Morgan fingerprint density at radius 2 is 1.88 bits per heavy atom. The molecule has 2 N–H and O–H groups in total.